The minimum absolute atomic E-state index is 0.0414. The number of anilines is 1. The Balaban J connectivity index is 2.24. The summed E-state index contributed by atoms with van der Waals surface area (Å²) in [6, 6.07) is 6.00. The first kappa shape index (κ1) is 13.7. The standard InChI is InChI=1S/C13H16N2O3S/c1-8(19-3)11-12(16)15(13(17)14-11)9-4-6-10(18-2)7-5-9/h4-8,11H,1-3H3,(H,14,17). The summed E-state index contributed by atoms with van der Waals surface area (Å²) in [5, 5.41) is 2.76. The highest BCUT2D eigenvalue weighted by Gasteiger charge is 2.41. The van der Waals surface area contributed by atoms with Gasteiger partial charge in [0.1, 0.15) is 11.8 Å². The van der Waals surface area contributed by atoms with E-state index >= 15 is 0 Å². The number of hydrogen-bond donors (Lipinski definition) is 1. The van der Waals surface area contributed by atoms with Crippen LogP contribution in [0.3, 0.4) is 0 Å². The number of benzene rings is 1. The van der Waals surface area contributed by atoms with Crippen LogP contribution in [0.4, 0.5) is 10.5 Å². The predicted octanol–water partition coefficient (Wildman–Crippen LogP) is 1.87. The summed E-state index contributed by atoms with van der Waals surface area (Å²) in [6.45, 7) is 1.92. The summed E-state index contributed by atoms with van der Waals surface area (Å²) < 4.78 is 5.05. The van der Waals surface area contributed by atoms with Gasteiger partial charge in [-0.15, -0.1) is 0 Å². The van der Waals surface area contributed by atoms with E-state index < -0.39 is 6.04 Å². The number of imide groups is 1. The largest absolute Gasteiger partial charge is 0.497 e. The van der Waals surface area contributed by atoms with Crippen LogP contribution in [-0.4, -0.2) is 36.6 Å². The molecule has 102 valence electrons. The van der Waals surface area contributed by atoms with Crippen LogP contribution in [0, 0.1) is 0 Å². The van der Waals surface area contributed by atoms with Crippen molar-refractivity contribution in [1.29, 1.82) is 0 Å². The molecule has 3 amide bonds. The predicted molar refractivity (Wildman–Crippen MR) is 75.8 cm³/mol. The SMILES string of the molecule is COc1ccc(N2C(=O)NC(C(C)SC)C2=O)cc1. The van der Waals surface area contributed by atoms with Crippen molar-refractivity contribution in [3.63, 3.8) is 0 Å². The maximum Gasteiger partial charge on any atom is 0.329 e. The molecule has 1 N–H and O–H groups in total. The topological polar surface area (TPSA) is 58.6 Å². The van der Waals surface area contributed by atoms with Crippen molar-refractivity contribution in [1.82, 2.24) is 5.32 Å². The molecule has 1 aromatic rings. The molecular formula is C13H16N2O3S. The highest BCUT2D eigenvalue weighted by atomic mass is 32.2. The van der Waals surface area contributed by atoms with Crippen molar-refractivity contribution >= 4 is 29.4 Å². The lowest BCUT2D eigenvalue weighted by atomic mass is 10.2. The zero-order valence-corrected chi connectivity index (χ0v) is 11.9. The van der Waals surface area contributed by atoms with Gasteiger partial charge in [-0.25, -0.2) is 9.69 Å². The van der Waals surface area contributed by atoms with Crippen molar-refractivity contribution in [3.05, 3.63) is 24.3 Å². The second-order valence-corrected chi connectivity index (χ2v) is 5.45. The van der Waals surface area contributed by atoms with Gasteiger partial charge < -0.3 is 10.1 Å². The van der Waals surface area contributed by atoms with Crippen molar-refractivity contribution in [2.24, 2.45) is 0 Å². The third kappa shape index (κ3) is 2.53. The quantitative estimate of drug-likeness (QED) is 0.855. The van der Waals surface area contributed by atoms with Gasteiger partial charge in [-0.05, 0) is 30.5 Å². The molecule has 6 heteroatoms. The summed E-state index contributed by atoms with van der Waals surface area (Å²) >= 11 is 1.55. The van der Waals surface area contributed by atoms with E-state index in [1.54, 1.807) is 43.1 Å². The maximum absolute atomic E-state index is 12.3. The molecule has 1 heterocycles. The molecule has 1 aliphatic rings. The van der Waals surface area contributed by atoms with E-state index in [4.69, 9.17) is 4.74 Å². The van der Waals surface area contributed by atoms with E-state index in [2.05, 4.69) is 5.32 Å². The molecule has 1 saturated heterocycles. The second-order valence-electron chi connectivity index (χ2n) is 4.24. The number of carbonyl (C=O) groups excluding carboxylic acids is 2. The van der Waals surface area contributed by atoms with E-state index in [-0.39, 0.29) is 17.2 Å². The molecule has 0 bridgehead atoms. The van der Waals surface area contributed by atoms with E-state index in [1.165, 1.54) is 4.90 Å². The van der Waals surface area contributed by atoms with Crippen molar-refractivity contribution in [2.45, 2.75) is 18.2 Å². The van der Waals surface area contributed by atoms with Crippen molar-refractivity contribution < 1.29 is 14.3 Å². The molecule has 0 saturated carbocycles. The number of urea groups is 1. The zero-order valence-electron chi connectivity index (χ0n) is 11.0. The van der Waals surface area contributed by atoms with Gasteiger partial charge in [-0.2, -0.15) is 11.8 Å². The molecule has 0 aliphatic carbocycles. The minimum Gasteiger partial charge on any atom is -0.497 e. The van der Waals surface area contributed by atoms with Gasteiger partial charge in [0, 0.05) is 5.25 Å². The number of nitrogens with zero attached hydrogens (tertiary/aromatic N) is 1. The maximum atomic E-state index is 12.3. The highest BCUT2D eigenvalue weighted by Crippen LogP contribution is 2.25. The van der Waals surface area contributed by atoms with Crippen LogP contribution < -0.4 is 15.0 Å². The van der Waals surface area contributed by atoms with Gasteiger partial charge in [-0.3, -0.25) is 4.79 Å². The second kappa shape index (κ2) is 5.52. The third-order valence-corrected chi connectivity index (χ3v) is 4.16. The normalized spacial score (nSPS) is 20.4. The molecule has 0 aromatic heterocycles. The summed E-state index contributed by atoms with van der Waals surface area (Å²) in [4.78, 5) is 25.4. The molecule has 0 radical (unpaired) electrons. The molecule has 1 aliphatic heterocycles. The molecule has 2 unspecified atom stereocenters. The number of carbonyl (C=O) groups is 2. The Hall–Kier alpha value is -1.69. The van der Waals surface area contributed by atoms with E-state index in [9.17, 15) is 9.59 Å². The average Bonchev–Trinajstić information content (AvgIpc) is 2.73. The molecule has 2 atom stereocenters. The Morgan fingerprint density at radius 3 is 2.47 bits per heavy atom. The number of thioether (sulfide) groups is 1. The van der Waals surface area contributed by atoms with Crippen LogP contribution in [0.25, 0.3) is 0 Å². The minimum atomic E-state index is -0.468. The van der Waals surface area contributed by atoms with Crippen LogP contribution >= 0.6 is 11.8 Å². The first-order valence-electron chi connectivity index (χ1n) is 5.89. The summed E-state index contributed by atoms with van der Waals surface area (Å²) in [6.07, 6.45) is 1.92. The lowest BCUT2D eigenvalue weighted by Crippen LogP contribution is -2.37. The van der Waals surface area contributed by atoms with Crippen molar-refractivity contribution in [2.75, 3.05) is 18.3 Å². The van der Waals surface area contributed by atoms with Crippen LogP contribution in [0.15, 0.2) is 24.3 Å². The van der Waals surface area contributed by atoms with Crippen molar-refractivity contribution in [3.8, 4) is 5.75 Å². The molecule has 5 nitrogen and oxygen atoms in total. The van der Waals surface area contributed by atoms with Gasteiger partial charge in [-0.1, -0.05) is 6.92 Å². The fourth-order valence-electron chi connectivity index (χ4n) is 1.93. The Labute approximate surface area is 116 Å². The van der Waals surface area contributed by atoms with E-state index in [0.717, 1.165) is 0 Å². The summed E-state index contributed by atoms with van der Waals surface area (Å²) in [5.41, 5.74) is 0.555. The molecule has 2 rings (SSSR count). The van der Waals surface area contributed by atoms with E-state index in [0.29, 0.717) is 11.4 Å². The fraction of sp³-hybridized carbons (Fsp3) is 0.385. The number of methoxy groups -OCH3 is 1. The lowest BCUT2D eigenvalue weighted by molar-refractivity contribution is -0.118. The number of hydrogen-bond acceptors (Lipinski definition) is 4. The molecule has 1 aromatic carbocycles. The Morgan fingerprint density at radius 2 is 1.95 bits per heavy atom. The Bertz CT molecular complexity index is 489. The van der Waals surface area contributed by atoms with Gasteiger partial charge in [0.15, 0.2) is 0 Å². The zero-order chi connectivity index (χ0) is 14.0. The molecule has 1 fully saturated rings. The van der Waals surface area contributed by atoms with Gasteiger partial charge >= 0.3 is 6.03 Å². The highest BCUT2D eigenvalue weighted by molar-refractivity contribution is 7.99. The Kier molecular flexibility index (Phi) is 3.99. The smallest absolute Gasteiger partial charge is 0.329 e. The number of nitrogens with one attached hydrogen (secondary N) is 1. The molecular weight excluding hydrogens is 264 g/mol. The Morgan fingerprint density at radius 1 is 1.32 bits per heavy atom. The summed E-state index contributed by atoms with van der Waals surface area (Å²) in [5.74, 6) is 0.474. The number of ether oxygens (including phenoxy) is 1. The molecule has 0 spiro atoms. The third-order valence-electron chi connectivity index (χ3n) is 3.14. The fourth-order valence-corrected chi connectivity index (χ4v) is 2.39. The average molecular weight is 280 g/mol. The molecule has 19 heavy (non-hydrogen) atoms. The van der Waals surface area contributed by atoms with Gasteiger partial charge in [0.2, 0.25) is 0 Å². The van der Waals surface area contributed by atoms with E-state index in [1.807, 2.05) is 13.2 Å². The van der Waals surface area contributed by atoms with Crippen LogP contribution in [0.2, 0.25) is 0 Å². The number of amides is 3. The monoisotopic (exact) mass is 280 g/mol. The lowest BCUT2D eigenvalue weighted by Gasteiger charge is -2.16. The van der Waals surface area contributed by atoms with Crippen LogP contribution in [0.5, 0.6) is 5.75 Å². The van der Waals surface area contributed by atoms with Gasteiger partial charge in [0.25, 0.3) is 5.91 Å². The number of rotatable bonds is 4. The first-order chi connectivity index (χ1) is 9.08. The first-order valence-corrected chi connectivity index (χ1v) is 7.18. The van der Waals surface area contributed by atoms with Crippen LogP contribution in [0.1, 0.15) is 6.92 Å². The van der Waals surface area contributed by atoms with Crippen LogP contribution in [-0.2, 0) is 4.79 Å². The summed E-state index contributed by atoms with van der Waals surface area (Å²) in [7, 11) is 1.57. The van der Waals surface area contributed by atoms with Gasteiger partial charge in [0.05, 0.1) is 12.8 Å².